The van der Waals surface area contributed by atoms with E-state index in [-0.39, 0.29) is 24.9 Å². The van der Waals surface area contributed by atoms with E-state index in [9.17, 15) is 22.8 Å². The number of carbonyl (C=O) groups excluding carboxylic acids is 2. The van der Waals surface area contributed by atoms with Crippen molar-refractivity contribution in [1.82, 2.24) is 9.80 Å². The molecule has 28 heavy (non-hydrogen) atoms. The van der Waals surface area contributed by atoms with Crippen molar-refractivity contribution in [3.05, 3.63) is 35.4 Å². The number of likely N-dealkylation sites (tertiary alicyclic amines) is 1. The van der Waals surface area contributed by atoms with Gasteiger partial charge in [-0.1, -0.05) is 12.1 Å². The van der Waals surface area contributed by atoms with Crippen molar-refractivity contribution < 1.29 is 22.8 Å². The van der Waals surface area contributed by atoms with Gasteiger partial charge in [0.05, 0.1) is 17.6 Å². The highest BCUT2D eigenvalue weighted by atomic mass is 19.4. The Labute approximate surface area is 161 Å². The van der Waals surface area contributed by atoms with Crippen LogP contribution in [0.5, 0.6) is 0 Å². The molecule has 0 bridgehead atoms. The third-order valence-corrected chi connectivity index (χ3v) is 5.15. The van der Waals surface area contributed by atoms with E-state index in [1.165, 1.54) is 12.1 Å². The maximum absolute atomic E-state index is 13.1. The molecule has 0 N–H and O–H groups in total. The number of benzene rings is 1. The van der Waals surface area contributed by atoms with Crippen molar-refractivity contribution in [2.45, 2.75) is 38.4 Å². The summed E-state index contributed by atoms with van der Waals surface area (Å²) >= 11 is 0. The lowest BCUT2D eigenvalue weighted by molar-refractivity contribution is -0.166. The van der Waals surface area contributed by atoms with Crippen LogP contribution in [0.2, 0.25) is 0 Å². The number of carbonyl (C=O) groups is 2. The van der Waals surface area contributed by atoms with E-state index in [0.29, 0.717) is 30.5 Å². The zero-order valence-corrected chi connectivity index (χ0v) is 15.4. The number of nitrogens with zero attached hydrogens (tertiary/aromatic N) is 3. The van der Waals surface area contributed by atoms with E-state index in [1.807, 2.05) is 6.07 Å². The van der Waals surface area contributed by atoms with Crippen LogP contribution in [0, 0.1) is 23.2 Å². The van der Waals surface area contributed by atoms with Crippen LogP contribution >= 0.6 is 0 Å². The molecule has 1 atom stereocenters. The van der Waals surface area contributed by atoms with Crippen LogP contribution in [0.3, 0.4) is 0 Å². The van der Waals surface area contributed by atoms with Crippen LogP contribution in [0.1, 0.15) is 36.8 Å². The van der Waals surface area contributed by atoms with Crippen molar-refractivity contribution in [2.24, 2.45) is 11.8 Å². The Kier molecular flexibility index (Phi) is 5.92. The van der Waals surface area contributed by atoms with Gasteiger partial charge in [-0.25, -0.2) is 0 Å². The molecule has 3 rings (SSSR count). The number of hydrogen-bond acceptors (Lipinski definition) is 3. The van der Waals surface area contributed by atoms with Gasteiger partial charge in [0.1, 0.15) is 6.54 Å². The summed E-state index contributed by atoms with van der Waals surface area (Å²) < 4.78 is 39.2. The molecule has 0 unspecified atom stereocenters. The molecule has 150 valence electrons. The lowest BCUT2D eigenvalue weighted by Crippen LogP contribution is -2.48. The average Bonchev–Trinajstić information content (AvgIpc) is 3.51. The van der Waals surface area contributed by atoms with Gasteiger partial charge >= 0.3 is 6.18 Å². The standard InChI is InChI=1S/C20H22F3N3O2/c21-20(22,23)13-26(11-15-5-3-14(10-24)4-6-15)19(28)17-2-1-9-25(12-17)18(27)16-7-8-16/h3-6,16-17H,1-2,7-9,11-13H2/t17-/m0/s1. The van der Waals surface area contributed by atoms with Crippen molar-refractivity contribution >= 4 is 11.8 Å². The molecular weight excluding hydrogens is 371 g/mol. The van der Waals surface area contributed by atoms with Crippen LogP contribution in [-0.2, 0) is 16.1 Å². The van der Waals surface area contributed by atoms with Gasteiger partial charge in [0, 0.05) is 25.6 Å². The summed E-state index contributed by atoms with van der Waals surface area (Å²) in [6.45, 7) is -0.764. The van der Waals surface area contributed by atoms with Crippen LogP contribution in [-0.4, -0.2) is 47.4 Å². The van der Waals surface area contributed by atoms with Crippen LogP contribution in [0.15, 0.2) is 24.3 Å². The molecule has 1 saturated heterocycles. The number of halogens is 3. The maximum atomic E-state index is 13.1. The average molecular weight is 393 g/mol. The van der Waals surface area contributed by atoms with Crippen molar-refractivity contribution in [1.29, 1.82) is 5.26 Å². The zero-order chi connectivity index (χ0) is 20.3. The predicted octanol–water partition coefficient (Wildman–Crippen LogP) is 3.10. The van der Waals surface area contributed by atoms with E-state index in [2.05, 4.69) is 0 Å². The SMILES string of the molecule is N#Cc1ccc(CN(CC(F)(F)F)C(=O)[C@H]2CCCN(C(=O)C3CC3)C2)cc1. The summed E-state index contributed by atoms with van der Waals surface area (Å²) in [6.07, 6.45) is -1.71. The van der Waals surface area contributed by atoms with E-state index in [4.69, 9.17) is 5.26 Å². The highest BCUT2D eigenvalue weighted by molar-refractivity contribution is 5.83. The summed E-state index contributed by atoms with van der Waals surface area (Å²) in [4.78, 5) is 27.6. The molecule has 2 amide bonds. The van der Waals surface area contributed by atoms with Gasteiger partial charge in [-0.15, -0.1) is 0 Å². The Morgan fingerprint density at radius 2 is 1.82 bits per heavy atom. The molecular formula is C20H22F3N3O2. The molecule has 1 aromatic carbocycles. The lowest BCUT2D eigenvalue weighted by Gasteiger charge is -2.35. The van der Waals surface area contributed by atoms with Gasteiger partial charge < -0.3 is 9.80 Å². The number of piperidine rings is 1. The third kappa shape index (κ3) is 5.24. The van der Waals surface area contributed by atoms with Crippen molar-refractivity contribution in [2.75, 3.05) is 19.6 Å². The minimum atomic E-state index is -4.51. The topological polar surface area (TPSA) is 64.4 Å². The quantitative estimate of drug-likeness (QED) is 0.772. The summed E-state index contributed by atoms with van der Waals surface area (Å²) in [5.41, 5.74) is 0.928. The number of nitriles is 1. The van der Waals surface area contributed by atoms with Gasteiger partial charge in [0.15, 0.2) is 0 Å². The largest absolute Gasteiger partial charge is 0.406 e. The molecule has 1 heterocycles. The fourth-order valence-corrected chi connectivity index (χ4v) is 3.56. The fourth-order valence-electron chi connectivity index (χ4n) is 3.56. The summed E-state index contributed by atoms with van der Waals surface area (Å²) in [5, 5.41) is 8.84. The molecule has 0 aromatic heterocycles. The number of amides is 2. The third-order valence-electron chi connectivity index (χ3n) is 5.15. The molecule has 5 nitrogen and oxygen atoms in total. The van der Waals surface area contributed by atoms with E-state index >= 15 is 0 Å². The first-order chi connectivity index (χ1) is 13.3. The van der Waals surface area contributed by atoms with Gasteiger partial charge in [-0.2, -0.15) is 18.4 Å². The predicted molar refractivity (Wildman–Crippen MR) is 94.7 cm³/mol. The Morgan fingerprint density at radius 1 is 1.14 bits per heavy atom. The minimum absolute atomic E-state index is 0.0203. The van der Waals surface area contributed by atoms with Crippen molar-refractivity contribution in [3.8, 4) is 6.07 Å². The Hall–Kier alpha value is -2.56. The molecule has 8 heteroatoms. The zero-order valence-electron chi connectivity index (χ0n) is 15.4. The second-order valence-corrected chi connectivity index (χ2v) is 7.52. The maximum Gasteiger partial charge on any atom is 0.406 e. The van der Waals surface area contributed by atoms with Gasteiger partial charge in [0.2, 0.25) is 11.8 Å². The monoisotopic (exact) mass is 393 g/mol. The molecule has 0 spiro atoms. The first-order valence-corrected chi connectivity index (χ1v) is 9.40. The van der Waals surface area contributed by atoms with E-state index < -0.39 is 24.5 Å². The smallest absolute Gasteiger partial charge is 0.342 e. The molecule has 1 aromatic rings. The Balaban J connectivity index is 1.71. The molecule has 1 aliphatic carbocycles. The van der Waals surface area contributed by atoms with E-state index in [0.717, 1.165) is 17.7 Å². The van der Waals surface area contributed by atoms with Gasteiger partial charge in [-0.05, 0) is 43.4 Å². The first kappa shape index (κ1) is 20.2. The molecule has 2 aliphatic rings. The number of rotatable bonds is 5. The normalized spacial score (nSPS) is 19.8. The van der Waals surface area contributed by atoms with Gasteiger partial charge in [-0.3, -0.25) is 9.59 Å². The van der Waals surface area contributed by atoms with Crippen molar-refractivity contribution in [3.63, 3.8) is 0 Å². The highest BCUT2D eigenvalue weighted by Crippen LogP contribution is 2.33. The summed E-state index contributed by atoms with van der Waals surface area (Å²) in [7, 11) is 0. The minimum Gasteiger partial charge on any atom is -0.342 e. The molecule has 1 aliphatic heterocycles. The Bertz CT molecular complexity index is 766. The van der Waals surface area contributed by atoms with Gasteiger partial charge in [0.25, 0.3) is 0 Å². The fraction of sp³-hybridized carbons (Fsp3) is 0.550. The Morgan fingerprint density at radius 3 is 2.39 bits per heavy atom. The first-order valence-electron chi connectivity index (χ1n) is 9.40. The second kappa shape index (κ2) is 8.21. The summed E-state index contributed by atoms with van der Waals surface area (Å²) in [5.74, 6) is -1.14. The van der Waals surface area contributed by atoms with Crippen LogP contribution in [0.25, 0.3) is 0 Å². The second-order valence-electron chi connectivity index (χ2n) is 7.52. The van der Waals surface area contributed by atoms with E-state index in [1.54, 1.807) is 17.0 Å². The number of alkyl halides is 3. The van der Waals surface area contributed by atoms with Crippen LogP contribution < -0.4 is 0 Å². The highest BCUT2D eigenvalue weighted by Gasteiger charge is 2.39. The molecule has 0 radical (unpaired) electrons. The van der Waals surface area contributed by atoms with Crippen LogP contribution in [0.4, 0.5) is 13.2 Å². The lowest BCUT2D eigenvalue weighted by atomic mass is 9.95. The number of hydrogen-bond donors (Lipinski definition) is 0. The summed E-state index contributed by atoms with van der Waals surface area (Å²) in [6, 6.07) is 8.09. The molecule has 1 saturated carbocycles. The molecule has 2 fully saturated rings.